The van der Waals surface area contributed by atoms with E-state index in [0.717, 1.165) is 17.0 Å². The molecule has 0 unspecified atom stereocenters. The Labute approximate surface area is 149 Å². The van der Waals surface area contributed by atoms with Crippen molar-refractivity contribution in [2.75, 3.05) is 6.61 Å². The topological polar surface area (TPSA) is 50.7 Å². The van der Waals surface area contributed by atoms with Gasteiger partial charge in [0.15, 0.2) is 5.17 Å². The van der Waals surface area contributed by atoms with Crippen LogP contribution in [0.15, 0.2) is 58.4 Å². The highest BCUT2D eigenvalue weighted by molar-refractivity contribution is 8.18. The lowest BCUT2D eigenvalue weighted by atomic mass is 10.2. The number of hydrogen-bond donors (Lipinski definition) is 1. The number of hydrogen-bond acceptors (Lipinski definition) is 4. The number of nitrogens with zero attached hydrogens (tertiary/aromatic N) is 1. The second-order valence-electron chi connectivity index (χ2n) is 4.93. The van der Waals surface area contributed by atoms with Crippen molar-refractivity contribution in [2.24, 2.45) is 4.99 Å². The van der Waals surface area contributed by atoms with E-state index in [0.29, 0.717) is 21.7 Å². The van der Waals surface area contributed by atoms with E-state index in [2.05, 4.69) is 10.3 Å². The maximum atomic E-state index is 12.1. The average molecular weight is 359 g/mol. The molecule has 1 aliphatic heterocycles. The number of thioether (sulfide) groups is 1. The molecule has 0 atom stereocenters. The van der Waals surface area contributed by atoms with Crippen molar-refractivity contribution in [1.29, 1.82) is 0 Å². The van der Waals surface area contributed by atoms with E-state index in [1.54, 1.807) is 12.1 Å². The zero-order valence-electron chi connectivity index (χ0n) is 13.0. The Morgan fingerprint density at radius 3 is 2.67 bits per heavy atom. The van der Waals surface area contributed by atoms with Gasteiger partial charge in [-0.05, 0) is 60.7 Å². The van der Waals surface area contributed by atoms with Gasteiger partial charge in [0.2, 0.25) is 0 Å². The van der Waals surface area contributed by atoms with Crippen molar-refractivity contribution >= 4 is 46.2 Å². The molecule has 0 saturated carbocycles. The normalized spacial score (nSPS) is 17.3. The lowest BCUT2D eigenvalue weighted by Crippen LogP contribution is -2.19. The molecular weight excluding hydrogens is 344 g/mol. The number of halogens is 1. The number of ether oxygens (including phenoxy) is 1. The van der Waals surface area contributed by atoms with Crippen LogP contribution in [0.1, 0.15) is 12.5 Å². The molecule has 2 aromatic rings. The Kier molecular flexibility index (Phi) is 5.23. The Balaban J connectivity index is 1.78. The molecule has 2 aromatic carbocycles. The van der Waals surface area contributed by atoms with Gasteiger partial charge in [0.25, 0.3) is 5.91 Å². The summed E-state index contributed by atoms with van der Waals surface area (Å²) in [4.78, 5) is 17.1. The first-order chi connectivity index (χ1) is 11.7. The van der Waals surface area contributed by atoms with Crippen LogP contribution in [0.25, 0.3) is 6.08 Å². The van der Waals surface area contributed by atoms with Crippen LogP contribution < -0.4 is 10.1 Å². The summed E-state index contributed by atoms with van der Waals surface area (Å²) in [5.41, 5.74) is 1.55. The highest BCUT2D eigenvalue weighted by Gasteiger charge is 2.24. The Morgan fingerprint density at radius 2 is 1.96 bits per heavy atom. The van der Waals surface area contributed by atoms with E-state index >= 15 is 0 Å². The Morgan fingerprint density at radius 1 is 1.21 bits per heavy atom. The van der Waals surface area contributed by atoms with Gasteiger partial charge in [-0.1, -0.05) is 29.8 Å². The van der Waals surface area contributed by atoms with Gasteiger partial charge in [0.05, 0.1) is 17.2 Å². The van der Waals surface area contributed by atoms with Crippen LogP contribution in [0.5, 0.6) is 5.75 Å². The van der Waals surface area contributed by atoms with Gasteiger partial charge >= 0.3 is 0 Å². The van der Waals surface area contributed by atoms with E-state index in [-0.39, 0.29) is 5.91 Å². The van der Waals surface area contributed by atoms with Crippen LogP contribution in [0, 0.1) is 0 Å². The van der Waals surface area contributed by atoms with Crippen LogP contribution in [-0.2, 0) is 4.79 Å². The van der Waals surface area contributed by atoms with Gasteiger partial charge in [-0.3, -0.25) is 4.79 Å². The minimum atomic E-state index is -0.176. The number of carbonyl (C=O) groups excluding carboxylic acids is 1. The summed E-state index contributed by atoms with van der Waals surface area (Å²) in [6.07, 6.45) is 1.77. The van der Waals surface area contributed by atoms with Crippen molar-refractivity contribution in [3.05, 3.63) is 64.0 Å². The molecule has 3 rings (SSSR count). The van der Waals surface area contributed by atoms with Crippen molar-refractivity contribution in [3.63, 3.8) is 0 Å². The summed E-state index contributed by atoms with van der Waals surface area (Å²) in [6.45, 7) is 2.56. The minimum absolute atomic E-state index is 0.176. The number of carbonyl (C=O) groups is 1. The molecule has 6 heteroatoms. The predicted octanol–water partition coefficient (Wildman–Crippen LogP) is 4.63. The molecule has 0 spiro atoms. The van der Waals surface area contributed by atoms with Crippen LogP contribution in [-0.4, -0.2) is 17.7 Å². The molecule has 1 fully saturated rings. The fourth-order valence-corrected chi connectivity index (χ4v) is 3.14. The Bertz CT molecular complexity index is 816. The molecule has 122 valence electrons. The molecular formula is C18H15ClN2O2S. The fourth-order valence-electron chi connectivity index (χ4n) is 2.11. The number of amidine groups is 1. The third kappa shape index (κ3) is 3.99. The number of rotatable bonds is 4. The molecule has 0 radical (unpaired) electrons. The van der Waals surface area contributed by atoms with Gasteiger partial charge in [-0.15, -0.1) is 0 Å². The van der Waals surface area contributed by atoms with Crippen molar-refractivity contribution in [1.82, 2.24) is 5.32 Å². The highest BCUT2D eigenvalue weighted by Crippen LogP contribution is 2.30. The summed E-state index contributed by atoms with van der Waals surface area (Å²) in [7, 11) is 0. The zero-order chi connectivity index (χ0) is 16.9. The first-order valence-electron chi connectivity index (χ1n) is 7.42. The quantitative estimate of drug-likeness (QED) is 0.810. The van der Waals surface area contributed by atoms with E-state index in [1.165, 1.54) is 11.8 Å². The molecule has 1 N–H and O–H groups in total. The van der Waals surface area contributed by atoms with Crippen molar-refractivity contribution in [3.8, 4) is 5.75 Å². The number of benzene rings is 2. The monoisotopic (exact) mass is 358 g/mol. The van der Waals surface area contributed by atoms with Crippen LogP contribution in [0.3, 0.4) is 0 Å². The zero-order valence-corrected chi connectivity index (χ0v) is 14.5. The summed E-state index contributed by atoms with van der Waals surface area (Å²) in [6, 6.07) is 14.8. The van der Waals surface area contributed by atoms with Gasteiger partial charge in [0.1, 0.15) is 5.75 Å². The number of nitrogens with one attached hydrogen (secondary N) is 1. The van der Waals surface area contributed by atoms with Crippen molar-refractivity contribution in [2.45, 2.75) is 6.92 Å². The van der Waals surface area contributed by atoms with Gasteiger partial charge in [-0.25, -0.2) is 4.99 Å². The first-order valence-corrected chi connectivity index (χ1v) is 8.62. The van der Waals surface area contributed by atoms with Crippen LogP contribution in [0.2, 0.25) is 5.02 Å². The summed E-state index contributed by atoms with van der Waals surface area (Å²) >= 11 is 7.42. The average Bonchev–Trinajstić information content (AvgIpc) is 2.91. The predicted molar refractivity (Wildman–Crippen MR) is 99.9 cm³/mol. The molecule has 0 aromatic heterocycles. The lowest BCUT2D eigenvalue weighted by molar-refractivity contribution is -0.115. The number of amides is 1. The SMILES string of the molecule is CCOc1ccc(N=C2NC(=O)C(=Cc3ccccc3Cl)S2)cc1. The van der Waals surface area contributed by atoms with E-state index in [4.69, 9.17) is 16.3 Å². The smallest absolute Gasteiger partial charge is 0.264 e. The Hall–Kier alpha value is -2.24. The van der Waals surface area contributed by atoms with Crippen LogP contribution in [0.4, 0.5) is 5.69 Å². The van der Waals surface area contributed by atoms with E-state index < -0.39 is 0 Å². The number of aliphatic imine (C=N–C) groups is 1. The summed E-state index contributed by atoms with van der Waals surface area (Å²) < 4.78 is 5.40. The van der Waals surface area contributed by atoms with E-state index in [9.17, 15) is 4.79 Å². The molecule has 0 bridgehead atoms. The molecule has 4 nitrogen and oxygen atoms in total. The van der Waals surface area contributed by atoms with Gasteiger partial charge in [-0.2, -0.15) is 0 Å². The molecule has 24 heavy (non-hydrogen) atoms. The van der Waals surface area contributed by atoms with Gasteiger partial charge < -0.3 is 10.1 Å². The van der Waals surface area contributed by atoms with Crippen molar-refractivity contribution < 1.29 is 9.53 Å². The maximum Gasteiger partial charge on any atom is 0.264 e. The third-order valence-corrected chi connectivity index (χ3v) is 4.48. The molecule has 1 saturated heterocycles. The van der Waals surface area contributed by atoms with Crippen LogP contribution >= 0.6 is 23.4 Å². The second-order valence-corrected chi connectivity index (χ2v) is 6.37. The molecule has 1 amide bonds. The standard InChI is InChI=1S/C18H15ClN2O2S/c1-2-23-14-9-7-13(8-10-14)20-18-21-17(22)16(24-18)11-12-5-3-4-6-15(12)19/h3-11H,2H2,1H3,(H,20,21,22). The summed E-state index contributed by atoms with van der Waals surface area (Å²) in [5.74, 6) is 0.619. The van der Waals surface area contributed by atoms with Gasteiger partial charge in [0, 0.05) is 5.02 Å². The second kappa shape index (κ2) is 7.55. The fraction of sp³-hybridized carbons (Fsp3) is 0.111. The lowest BCUT2D eigenvalue weighted by Gasteiger charge is -2.02. The first kappa shape index (κ1) is 16.6. The molecule has 1 aliphatic rings. The summed E-state index contributed by atoms with van der Waals surface area (Å²) in [5, 5.41) is 3.91. The molecule has 0 aliphatic carbocycles. The largest absolute Gasteiger partial charge is 0.494 e. The maximum absolute atomic E-state index is 12.1. The minimum Gasteiger partial charge on any atom is -0.494 e. The third-order valence-electron chi connectivity index (χ3n) is 3.22. The highest BCUT2D eigenvalue weighted by atomic mass is 35.5. The van der Waals surface area contributed by atoms with E-state index in [1.807, 2.05) is 49.4 Å². The molecule has 1 heterocycles.